The Labute approximate surface area is 215 Å². The minimum absolute atomic E-state index is 0.204. The van der Waals surface area contributed by atoms with Crippen LogP contribution < -0.4 is 0 Å². The van der Waals surface area contributed by atoms with Gasteiger partial charge in [-0.2, -0.15) is 4.21 Å². The van der Waals surface area contributed by atoms with E-state index in [2.05, 4.69) is 4.03 Å². The molecule has 2 aromatic rings. The molecule has 182 valence electrons. The molecule has 4 nitrogen and oxygen atoms in total. The summed E-state index contributed by atoms with van der Waals surface area (Å²) in [5.74, 6) is -0.485. The standard InChI is InChI=1S/C22H32Cl3N2O2S2Si2/c1-32(2,3)26-30(23,28)22(17-19-13-9-7-10-14-19)21(20-15-11-8-12-16-20)18-27(31(24,25)29)33(4,5)6/h7-17,21H,18H2,1-6H3/q+1. The van der Waals surface area contributed by atoms with Gasteiger partial charge in [-0.3, -0.25) is 4.03 Å². The first kappa shape index (κ1) is 28.6. The highest BCUT2D eigenvalue weighted by molar-refractivity contribution is 8.31. The molecule has 0 bridgehead atoms. The van der Waals surface area contributed by atoms with E-state index in [1.54, 1.807) is 3.61 Å². The fourth-order valence-corrected chi connectivity index (χ4v) is 17.4. The summed E-state index contributed by atoms with van der Waals surface area (Å²) in [6, 6.07) is 19.2. The Morgan fingerprint density at radius 1 is 0.909 bits per heavy atom. The average Bonchev–Trinajstić information content (AvgIpc) is 2.65. The molecule has 2 aromatic carbocycles. The van der Waals surface area contributed by atoms with Crippen molar-refractivity contribution in [1.82, 2.24) is 0 Å². The van der Waals surface area contributed by atoms with E-state index in [0.717, 1.165) is 11.1 Å². The second kappa shape index (κ2) is 11.0. The molecule has 0 N–H and O–H groups in total. The second-order valence-corrected chi connectivity index (χ2v) is 26.9. The molecule has 2 rings (SSSR count). The van der Waals surface area contributed by atoms with E-state index in [0.29, 0.717) is 4.91 Å². The molecular formula is C22H32Cl3N2O2S2Si2+. The van der Waals surface area contributed by atoms with Gasteiger partial charge in [0.2, 0.25) is 0 Å². The normalized spacial score (nSPS) is 16.1. The number of hydrogen-bond acceptors (Lipinski definition) is 3. The largest absolute Gasteiger partial charge is 0.360 e. The molecular weight excluding hydrogens is 551 g/mol. The summed E-state index contributed by atoms with van der Waals surface area (Å²) in [7, 11) is 8.19. The Kier molecular flexibility index (Phi) is 9.52. The number of rotatable bonds is 8. The number of hydrogen-bond donors (Lipinski definition) is 0. The van der Waals surface area contributed by atoms with Crippen molar-refractivity contribution in [3.8, 4) is 0 Å². The van der Waals surface area contributed by atoms with Crippen molar-refractivity contribution in [3.05, 3.63) is 76.7 Å². The lowest BCUT2D eigenvalue weighted by Crippen LogP contribution is -2.42. The maximum absolute atomic E-state index is 14.0. The molecule has 0 aliphatic carbocycles. The van der Waals surface area contributed by atoms with Gasteiger partial charge in [0.25, 0.3) is 0 Å². The van der Waals surface area contributed by atoms with Crippen molar-refractivity contribution in [3.63, 3.8) is 0 Å². The zero-order chi connectivity index (χ0) is 25.1. The van der Waals surface area contributed by atoms with Crippen LogP contribution in [0.1, 0.15) is 17.0 Å². The fraction of sp³-hybridized carbons (Fsp3) is 0.364. The van der Waals surface area contributed by atoms with Gasteiger partial charge in [0.15, 0.2) is 8.24 Å². The van der Waals surface area contributed by atoms with Gasteiger partial charge in [-0.1, -0.05) is 60.7 Å². The van der Waals surface area contributed by atoms with E-state index < -0.39 is 39.5 Å². The molecule has 33 heavy (non-hydrogen) atoms. The van der Waals surface area contributed by atoms with Gasteiger partial charge in [-0.15, -0.1) is 0 Å². The average molecular weight is 583 g/mol. The van der Waals surface area contributed by atoms with Crippen LogP contribution in [0, 0.1) is 0 Å². The lowest BCUT2D eigenvalue weighted by Gasteiger charge is -2.25. The highest BCUT2D eigenvalue weighted by Crippen LogP contribution is 2.36. The fourth-order valence-electron chi connectivity index (χ4n) is 3.36. The first-order valence-corrected chi connectivity index (χ1v) is 22.9. The minimum atomic E-state index is -3.31. The van der Waals surface area contributed by atoms with Crippen molar-refractivity contribution in [2.24, 2.45) is 4.03 Å². The van der Waals surface area contributed by atoms with Crippen LogP contribution in [0.15, 0.2) is 69.6 Å². The summed E-state index contributed by atoms with van der Waals surface area (Å²) in [4.78, 5) is 0.462. The van der Waals surface area contributed by atoms with Crippen LogP contribution in [-0.2, 0) is 17.1 Å². The van der Waals surface area contributed by atoms with Crippen molar-refractivity contribution < 1.29 is 12.0 Å². The monoisotopic (exact) mass is 581 g/mol. The van der Waals surface area contributed by atoms with Gasteiger partial charge in [0.05, 0.1) is 32.2 Å². The lowest BCUT2D eigenvalue weighted by atomic mass is 9.97. The number of nitrogens with zero attached hydrogens (tertiary/aromatic N) is 2. The van der Waals surface area contributed by atoms with Crippen LogP contribution in [0.4, 0.5) is 0 Å². The Bertz CT molecular complexity index is 1230. The van der Waals surface area contributed by atoms with Crippen LogP contribution in [0.5, 0.6) is 0 Å². The first-order valence-electron chi connectivity index (χ1n) is 10.5. The van der Waals surface area contributed by atoms with Crippen molar-refractivity contribution in [2.75, 3.05) is 6.54 Å². The Balaban J connectivity index is 2.91. The summed E-state index contributed by atoms with van der Waals surface area (Å²) in [5.41, 5.74) is 1.73. The SMILES string of the molecule is C[Si](C)(C)N=S(=O)(Cl)C(=Cc1ccccc1)C(C[N+]([Si](C)(C)C)=S(=O)(Cl)Cl)c1ccccc1. The van der Waals surface area contributed by atoms with Crippen molar-refractivity contribution >= 4 is 71.7 Å². The summed E-state index contributed by atoms with van der Waals surface area (Å²) < 4.78 is 33.2. The Morgan fingerprint density at radius 3 is 1.82 bits per heavy atom. The van der Waals surface area contributed by atoms with Crippen LogP contribution in [0.2, 0.25) is 39.3 Å². The molecule has 0 aliphatic rings. The molecule has 2 unspecified atom stereocenters. The minimum Gasteiger partial charge on any atom is -0.262 e. The molecule has 0 spiro atoms. The predicted molar refractivity (Wildman–Crippen MR) is 152 cm³/mol. The Hall–Kier alpha value is -0.616. The third-order valence-corrected chi connectivity index (χ3v) is 16.4. The number of halogens is 3. The molecule has 11 heteroatoms. The van der Waals surface area contributed by atoms with Gasteiger partial charge in [-0.25, -0.2) is 7.82 Å². The smallest absolute Gasteiger partial charge is 0.262 e. The van der Waals surface area contributed by atoms with E-state index in [4.69, 9.17) is 32.0 Å². The van der Waals surface area contributed by atoms with Gasteiger partial charge in [0.1, 0.15) is 15.5 Å². The highest BCUT2D eigenvalue weighted by Gasteiger charge is 2.40. The third kappa shape index (κ3) is 8.83. The molecule has 0 radical (unpaired) electrons. The van der Waals surface area contributed by atoms with Crippen LogP contribution in [0.25, 0.3) is 6.08 Å². The van der Waals surface area contributed by atoms with E-state index in [1.807, 2.05) is 106 Å². The van der Waals surface area contributed by atoms with E-state index in [1.165, 1.54) is 0 Å². The first-order chi connectivity index (χ1) is 15.0. The van der Waals surface area contributed by atoms with Gasteiger partial charge in [0, 0.05) is 10.7 Å². The predicted octanol–water partition coefficient (Wildman–Crippen LogP) is 7.89. The zero-order valence-electron chi connectivity index (χ0n) is 19.8. The summed E-state index contributed by atoms with van der Waals surface area (Å²) in [5, 5.41) is 0. The van der Waals surface area contributed by atoms with E-state index in [9.17, 15) is 8.42 Å². The molecule has 0 amide bonds. The molecule has 0 saturated carbocycles. The maximum atomic E-state index is 14.0. The maximum Gasteiger partial charge on any atom is 0.360 e. The van der Waals surface area contributed by atoms with Crippen molar-refractivity contribution in [1.29, 1.82) is 0 Å². The number of benzene rings is 2. The van der Waals surface area contributed by atoms with Crippen LogP contribution in [0.3, 0.4) is 0 Å². The van der Waals surface area contributed by atoms with Crippen molar-refractivity contribution in [2.45, 2.75) is 45.2 Å². The third-order valence-electron chi connectivity index (χ3n) is 4.69. The van der Waals surface area contributed by atoms with Gasteiger partial charge >= 0.3 is 16.4 Å². The molecule has 0 saturated heterocycles. The van der Waals surface area contributed by atoms with E-state index in [-0.39, 0.29) is 6.54 Å². The highest BCUT2D eigenvalue weighted by atomic mass is 36.0. The molecule has 0 heterocycles. The quantitative estimate of drug-likeness (QED) is 0.235. The molecule has 0 aliphatic heterocycles. The molecule has 2 atom stereocenters. The summed E-state index contributed by atoms with van der Waals surface area (Å²) in [6.07, 6.45) is 1.84. The Morgan fingerprint density at radius 2 is 1.39 bits per heavy atom. The zero-order valence-corrected chi connectivity index (χ0v) is 25.7. The van der Waals surface area contributed by atoms with Crippen LogP contribution in [-0.4, -0.2) is 35.0 Å². The molecule has 0 fully saturated rings. The molecule has 0 aromatic heterocycles. The summed E-state index contributed by atoms with van der Waals surface area (Å²) >= 11 is 0. The lowest BCUT2D eigenvalue weighted by molar-refractivity contribution is -0.374. The topological polar surface area (TPSA) is 49.5 Å². The second-order valence-electron chi connectivity index (χ2n) is 9.77. The van der Waals surface area contributed by atoms with E-state index >= 15 is 0 Å². The van der Waals surface area contributed by atoms with Gasteiger partial charge in [-0.05, 0) is 56.5 Å². The van der Waals surface area contributed by atoms with Crippen LogP contribution >= 0.6 is 32.0 Å². The summed E-state index contributed by atoms with van der Waals surface area (Å²) in [6.45, 7) is 12.2. The van der Waals surface area contributed by atoms with Gasteiger partial charge < -0.3 is 0 Å².